The third kappa shape index (κ3) is 5.07. The Bertz CT molecular complexity index is 787. The number of aryl methyl sites for hydroxylation is 1. The summed E-state index contributed by atoms with van der Waals surface area (Å²) in [6.07, 6.45) is -4.55. The van der Waals surface area contributed by atoms with Gasteiger partial charge in [-0.2, -0.15) is 13.2 Å². The maximum Gasteiger partial charge on any atom is 0.416 e. The summed E-state index contributed by atoms with van der Waals surface area (Å²) in [7, 11) is 0. The molecule has 0 radical (unpaired) electrons. The summed E-state index contributed by atoms with van der Waals surface area (Å²) in [6, 6.07) is 9.72. The lowest BCUT2D eigenvalue weighted by Gasteiger charge is -2.16. The van der Waals surface area contributed by atoms with E-state index in [0.29, 0.717) is 11.6 Å². The molecule has 2 aromatic rings. The van der Waals surface area contributed by atoms with Crippen LogP contribution in [-0.4, -0.2) is 23.0 Å². The number of benzene rings is 2. The van der Waals surface area contributed by atoms with Crippen molar-refractivity contribution in [2.75, 3.05) is 0 Å². The molecule has 2 rings (SSSR count). The van der Waals surface area contributed by atoms with E-state index >= 15 is 0 Å². The number of carboxylic acids is 1. The molecule has 2 N–H and O–H groups in total. The van der Waals surface area contributed by atoms with Crippen molar-refractivity contribution < 1.29 is 27.9 Å². The number of amides is 1. The van der Waals surface area contributed by atoms with E-state index in [-0.39, 0.29) is 12.0 Å². The van der Waals surface area contributed by atoms with E-state index < -0.39 is 29.7 Å². The van der Waals surface area contributed by atoms with Crippen LogP contribution in [0.4, 0.5) is 13.2 Å². The van der Waals surface area contributed by atoms with Crippen LogP contribution in [0.1, 0.15) is 27.0 Å². The van der Waals surface area contributed by atoms with Crippen LogP contribution in [-0.2, 0) is 17.4 Å². The van der Waals surface area contributed by atoms with E-state index in [4.69, 9.17) is 0 Å². The number of hydrogen-bond donors (Lipinski definition) is 2. The van der Waals surface area contributed by atoms with Gasteiger partial charge in [0.05, 0.1) is 5.56 Å². The molecule has 0 saturated carbocycles. The normalized spacial score (nSPS) is 12.5. The SMILES string of the molecule is Cc1cccc(C[C@H](NC(=O)c2cccc(C(F)(F)F)c2)C(=O)O)c1. The van der Waals surface area contributed by atoms with Gasteiger partial charge >= 0.3 is 12.1 Å². The summed E-state index contributed by atoms with van der Waals surface area (Å²) in [5.74, 6) is -2.13. The molecule has 1 atom stereocenters. The standard InChI is InChI=1S/C18H16F3NO3/c1-11-4-2-5-12(8-11)9-15(17(24)25)22-16(23)13-6-3-7-14(10-13)18(19,20)21/h2-8,10,15H,9H2,1H3,(H,22,23)(H,24,25)/t15-/m0/s1. The molecule has 0 unspecified atom stereocenters. The van der Waals surface area contributed by atoms with Crippen molar-refractivity contribution in [3.63, 3.8) is 0 Å². The van der Waals surface area contributed by atoms with Crippen LogP contribution in [0.5, 0.6) is 0 Å². The Morgan fingerprint density at radius 1 is 1.12 bits per heavy atom. The van der Waals surface area contributed by atoms with Gasteiger partial charge in [-0.05, 0) is 30.7 Å². The smallest absolute Gasteiger partial charge is 0.416 e. The lowest BCUT2D eigenvalue weighted by Crippen LogP contribution is -2.42. The Morgan fingerprint density at radius 3 is 2.40 bits per heavy atom. The van der Waals surface area contributed by atoms with Crippen molar-refractivity contribution in [1.82, 2.24) is 5.32 Å². The molecule has 25 heavy (non-hydrogen) atoms. The zero-order chi connectivity index (χ0) is 18.6. The first-order valence-electron chi connectivity index (χ1n) is 7.43. The Hall–Kier alpha value is -2.83. The Kier molecular flexibility index (Phi) is 5.46. The summed E-state index contributed by atoms with van der Waals surface area (Å²) in [5, 5.41) is 11.6. The molecule has 0 spiro atoms. The zero-order valence-corrected chi connectivity index (χ0v) is 13.3. The third-order valence-corrected chi connectivity index (χ3v) is 3.58. The molecule has 0 aliphatic rings. The predicted molar refractivity (Wildman–Crippen MR) is 85.2 cm³/mol. The highest BCUT2D eigenvalue weighted by Gasteiger charge is 2.31. The molecule has 0 aliphatic heterocycles. The Balaban J connectivity index is 2.17. The third-order valence-electron chi connectivity index (χ3n) is 3.58. The second-order valence-corrected chi connectivity index (χ2v) is 5.64. The van der Waals surface area contributed by atoms with Gasteiger partial charge in [0.15, 0.2) is 0 Å². The number of nitrogens with one attached hydrogen (secondary N) is 1. The molecule has 7 heteroatoms. The average molecular weight is 351 g/mol. The molecule has 0 heterocycles. The molecule has 0 fully saturated rings. The van der Waals surface area contributed by atoms with Crippen molar-refractivity contribution in [2.45, 2.75) is 25.6 Å². The first kappa shape index (κ1) is 18.5. The van der Waals surface area contributed by atoms with Crippen molar-refractivity contribution in [2.24, 2.45) is 0 Å². The Labute approximate surface area is 142 Å². The van der Waals surface area contributed by atoms with Crippen molar-refractivity contribution >= 4 is 11.9 Å². The molecule has 0 bridgehead atoms. The van der Waals surface area contributed by atoms with Crippen LogP contribution in [0.3, 0.4) is 0 Å². The molecular formula is C18H16F3NO3. The van der Waals surface area contributed by atoms with Gasteiger partial charge in [-0.3, -0.25) is 4.79 Å². The predicted octanol–water partition coefficient (Wildman–Crippen LogP) is 3.44. The highest BCUT2D eigenvalue weighted by Crippen LogP contribution is 2.29. The highest BCUT2D eigenvalue weighted by molar-refractivity contribution is 5.96. The first-order valence-corrected chi connectivity index (χ1v) is 7.43. The number of carbonyl (C=O) groups is 2. The molecular weight excluding hydrogens is 335 g/mol. The number of rotatable bonds is 5. The number of halogens is 3. The maximum atomic E-state index is 12.7. The second-order valence-electron chi connectivity index (χ2n) is 5.64. The summed E-state index contributed by atoms with van der Waals surface area (Å²) in [5.41, 5.74) is 0.429. The summed E-state index contributed by atoms with van der Waals surface area (Å²) in [6.45, 7) is 1.85. The fraction of sp³-hybridized carbons (Fsp3) is 0.222. The molecule has 2 aromatic carbocycles. The largest absolute Gasteiger partial charge is 0.480 e. The van der Waals surface area contributed by atoms with Crippen molar-refractivity contribution in [3.05, 3.63) is 70.8 Å². The number of alkyl halides is 3. The minimum absolute atomic E-state index is 0.0295. The number of aliphatic carboxylic acids is 1. The molecule has 1 amide bonds. The van der Waals surface area contributed by atoms with E-state index in [1.54, 1.807) is 18.2 Å². The van der Waals surface area contributed by atoms with E-state index in [9.17, 15) is 27.9 Å². The highest BCUT2D eigenvalue weighted by atomic mass is 19.4. The fourth-order valence-electron chi connectivity index (χ4n) is 2.35. The topological polar surface area (TPSA) is 66.4 Å². The minimum Gasteiger partial charge on any atom is -0.480 e. The van der Waals surface area contributed by atoms with Crippen molar-refractivity contribution in [3.8, 4) is 0 Å². The van der Waals surface area contributed by atoms with Crippen LogP contribution in [0.15, 0.2) is 48.5 Å². The van der Waals surface area contributed by atoms with Gasteiger partial charge in [-0.1, -0.05) is 35.9 Å². The van der Waals surface area contributed by atoms with Crippen molar-refractivity contribution in [1.29, 1.82) is 0 Å². The Morgan fingerprint density at radius 2 is 1.80 bits per heavy atom. The second kappa shape index (κ2) is 7.38. The van der Waals surface area contributed by atoms with E-state index in [1.165, 1.54) is 6.07 Å². The fourth-order valence-corrected chi connectivity index (χ4v) is 2.35. The van der Waals surface area contributed by atoms with Gasteiger partial charge in [0, 0.05) is 12.0 Å². The number of carboxylic acid groups (broad SMARTS) is 1. The van der Waals surface area contributed by atoms with Crippen LogP contribution in [0.25, 0.3) is 0 Å². The van der Waals surface area contributed by atoms with Gasteiger partial charge in [0.2, 0.25) is 0 Å². The van der Waals surface area contributed by atoms with Gasteiger partial charge in [-0.25, -0.2) is 4.79 Å². The zero-order valence-electron chi connectivity index (χ0n) is 13.3. The van der Waals surface area contributed by atoms with Crippen LogP contribution < -0.4 is 5.32 Å². The van der Waals surface area contributed by atoms with Gasteiger partial charge < -0.3 is 10.4 Å². The van der Waals surface area contributed by atoms with E-state index in [2.05, 4.69) is 5.32 Å². The molecule has 0 aliphatic carbocycles. The summed E-state index contributed by atoms with van der Waals surface area (Å²) in [4.78, 5) is 23.5. The van der Waals surface area contributed by atoms with Gasteiger partial charge in [0.25, 0.3) is 5.91 Å². The molecule has 132 valence electrons. The first-order chi connectivity index (χ1) is 11.7. The number of hydrogen-bond acceptors (Lipinski definition) is 2. The number of carbonyl (C=O) groups excluding carboxylic acids is 1. The van der Waals surface area contributed by atoms with E-state index in [1.807, 2.05) is 13.0 Å². The lowest BCUT2D eigenvalue weighted by atomic mass is 10.0. The molecule has 4 nitrogen and oxygen atoms in total. The lowest BCUT2D eigenvalue weighted by molar-refractivity contribution is -0.139. The summed E-state index contributed by atoms with van der Waals surface area (Å²) < 4.78 is 38.2. The monoisotopic (exact) mass is 351 g/mol. The van der Waals surface area contributed by atoms with Crippen LogP contribution in [0.2, 0.25) is 0 Å². The van der Waals surface area contributed by atoms with Gasteiger partial charge in [0.1, 0.15) is 6.04 Å². The van der Waals surface area contributed by atoms with Gasteiger partial charge in [-0.15, -0.1) is 0 Å². The molecule has 0 saturated heterocycles. The van der Waals surface area contributed by atoms with Crippen LogP contribution >= 0.6 is 0 Å². The van der Waals surface area contributed by atoms with E-state index in [0.717, 1.165) is 17.7 Å². The maximum absolute atomic E-state index is 12.7. The quantitative estimate of drug-likeness (QED) is 0.867. The average Bonchev–Trinajstić information content (AvgIpc) is 2.53. The van der Waals surface area contributed by atoms with Crippen LogP contribution in [0, 0.1) is 6.92 Å². The molecule has 0 aromatic heterocycles. The summed E-state index contributed by atoms with van der Waals surface area (Å²) >= 11 is 0. The minimum atomic E-state index is -4.58.